The third kappa shape index (κ3) is 3.69. The molecule has 0 spiro atoms. The number of carbonyl (C=O) groups excluding carboxylic acids is 1. The quantitative estimate of drug-likeness (QED) is 0.816. The number of amides is 1. The van der Waals surface area contributed by atoms with Gasteiger partial charge in [-0.2, -0.15) is 0 Å². The van der Waals surface area contributed by atoms with Crippen LogP contribution in [0.3, 0.4) is 0 Å². The summed E-state index contributed by atoms with van der Waals surface area (Å²) in [6.07, 6.45) is 6.82. The molecule has 1 aliphatic heterocycles. The van der Waals surface area contributed by atoms with Crippen molar-refractivity contribution in [1.29, 1.82) is 0 Å². The van der Waals surface area contributed by atoms with E-state index < -0.39 is 0 Å². The minimum absolute atomic E-state index is 0.0851. The van der Waals surface area contributed by atoms with E-state index in [2.05, 4.69) is 24.1 Å². The fraction of sp³-hybridized carbons (Fsp3) is 0.933. The topological polar surface area (TPSA) is 52.6 Å². The summed E-state index contributed by atoms with van der Waals surface area (Å²) in [5.74, 6) is 0.102. The fourth-order valence-electron chi connectivity index (χ4n) is 3.47. The monoisotopic (exact) mass is 268 g/mol. The Morgan fingerprint density at radius 3 is 2.63 bits per heavy atom. The number of carbonyl (C=O) groups is 1. The standard InChI is InChI=1S/C15H28N2O2/c1-15(2)10-16-14(19)13(8-9-18)17(11-15)12-6-4-3-5-7-12/h12-13,18H,3-11H2,1-2H3,(H,16,19). The Labute approximate surface area is 116 Å². The first-order valence-electron chi connectivity index (χ1n) is 7.68. The van der Waals surface area contributed by atoms with E-state index in [4.69, 9.17) is 0 Å². The van der Waals surface area contributed by atoms with E-state index in [1.165, 1.54) is 32.1 Å². The van der Waals surface area contributed by atoms with Crippen molar-refractivity contribution in [2.75, 3.05) is 19.7 Å². The molecule has 1 atom stereocenters. The lowest BCUT2D eigenvalue weighted by Crippen LogP contribution is -2.51. The molecule has 1 unspecified atom stereocenters. The van der Waals surface area contributed by atoms with Gasteiger partial charge in [-0.05, 0) is 24.7 Å². The van der Waals surface area contributed by atoms with Gasteiger partial charge < -0.3 is 10.4 Å². The molecule has 4 heteroatoms. The van der Waals surface area contributed by atoms with Crippen LogP contribution in [0.5, 0.6) is 0 Å². The number of hydrogen-bond donors (Lipinski definition) is 2. The van der Waals surface area contributed by atoms with Gasteiger partial charge in [0.25, 0.3) is 0 Å². The van der Waals surface area contributed by atoms with Crippen LogP contribution >= 0.6 is 0 Å². The molecule has 4 nitrogen and oxygen atoms in total. The Morgan fingerprint density at radius 2 is 2.00 bits per heavy atom. The molecule has 1 saturated carbocycles. The molecule has 0 aromatic carbocycles. The van der Waals surface area contributed by atoms with Gasteiger partial charge in [-0.15, -0.1) is 0 Å². The van der Waals surface area contributed by atoms with E-state index in [-0.39, 0.29) is 24.0 Å². The average Bonchev–Trinajstić information content (AvgIpc) is 2.51. The first kappa shape index (κ1) is 14.8. The van der Waals surface area contributed by atoms with Gasteiger partial charge in [0.1, 0.15) is 0 Å². The third-order valence-corrected chi connectivity index (χ3v) is 4.50. The average molecular weight is 268 g/mol. The zero-order valence-electron chi connectivity index (χ0n) is 12.3. The Morgan fingerprint density at radius 1 is 1.32 bits per heavy atom. The summed E-state index contributed by atoms with van der Waals surface area (Å²) in [6, 6.07) is 0.378. The van der Waals surface area contributed by atoms with Crippen molar-refractivity contribution < 1.29 is 9.90 Å². The predicted octanol–water partition coefficient (Wildman–Crippen LogP) is 1.53. The van der Waals surface area contributed by atoms with Crippen molar-refractivity contribution in [3.63, 3.8) is 0 Å². The highest BCUT2D eigenvalue weighted by Crippen LogP contribution is 2.30. The Hall–Kier alpha value is -0.610. The molecule has 0 radical (unpaired) electrons. The van der Waals surface area contributed by atoms with Crippen LogP contribution in [-0.2, 0) is 4.79 Å². The molecule has 2 fully saturated rings. The molecule has 0 aromatic rings. The van der Waals surface area contributed by atoms with Gasteiger partial charge >= 0.3 is 0 Å². The van der Waals surface area contributed by atoms with Crippen LogP contribution < -0.4 is 5.32 Å². The van der Waals surface area contributed by atoms with Gasteiger partial charge in [-0.1, -0.05) is 33.1 Å². The van der Waals surface area contributed by atoms with Crippen LogP contribution in [0.4, 0.5) is 0 Å². The van der Waals surface area contributed by atoms with Crippen LogP contribution in [-0.4, -0.2) is 47.7 Å². The van der Waals surface area contributed by atoms with Gasteiger partial charge in [-0.25, -0.2) is 0 Å². The minimum atomic E-state index is -0.144. The number of aliphatic hydroxyl groups excluding tert-OH is 1. The van der Waals surface area contributed by atoms with Crippen molar-refractivity contribution in [3.8, 4) is 0 Å². The van der Waals surface area contributed by atoms with Gasteiger partial charge in [0.05, 0.1) is 6.04 Å². The van der Waals surface area contributed by atoms with E-state index in [0.717, 1.165) is 13.1 Å². The second-order valence-electron chi connectivity index (χ2n) is 6.87. The number of aliphatic hydroxyl groups is 1. The molecule has 2 aliphatic rings. The van der Waals surface area contributed by atoms with Crippen LogP contribution in [0, 0.1) is 5.41 Å². The normalized spacial score (nSPS) is 29.8. The van der Waals surface area contributed by atoms with Crippen molar-refractivity contribution in [3.05, 3.63) is 0 Å². The maximum Gasteiger partial charge on any atom is 0.237 e. The first-order valence-corrected chi connectivity index (χ1v) is 7.68. The lowest BCUT2D eigenvalue weighted by Gasteiger charge is -2.40. The van der Waals surface area contributed by atoms with Gasteiger partial charge in [0.2, 0.25) is 5.91 Å². The second-order valence-corrected chi connectivity index (χ2v) is 6.87. The molecule has 1 aliphatic carbocycles. The Bertz CT molecular complexity index is 311. The van der Waals surface area contributed by atoms with Crippen LogP contribution in [0.1, 0.15) is 52.4 Å². The molecule has 2 rings (SSSR count). The first-order chi connectivity index (χ1) is 9.03. The molecule has 1 amide bonds. The van der Waals surface area contributed by atoms with Gasteiger partial charge in [0.15, 0.2) is 0 Å². The predicted molar refractivity (Wildman–Crippen MR) is 75.9 cm³/mol. The van der Waals surface area contributed by atoms with Crippen molar-refractivity contribution in [1.82, 2.24) is 10.2 Å². The third-order valence-electron chi connectivity index (χ3n) is 4.50. The van der Waals surface area contributed by atoms with E-state index in [0.29, 0.717) is 12.5 Å². The summed E-state index contributed by atoms with van der Waals surface area (Å²) in [7, 11) is 0. The van der Waals surface area contributed by atoms with Gasteiger partial charge in [0, 0.05) is 25.7 Å². The van der Waals surface area contributed by atoms with Crippen molar-refractivity contribution in [2.24, 2.45) is 5.41 Å². The summed E-state index contributed by atoms with van der Waals surface area (Å²) in [6.45, 7) is 6.19. The minimum Gasteiger partial charge on any atom is -0.396 e. The van der Waals surface area contributed by atoms with E-state index in [9.17, 15) is 9.90 Å². The van der Waals surface area contributed by atoms with Crippen molar-refractivity contribution >= 4 is 5.91 Å². The molecule has 2 N–H and O–H groups in total. The van der Waals surface area contributed by atoms with Gasteiger partial charge in [-0.3, -0.25) is 9.69 Å². The largest absolute Gasteiger partial charge is 0.396 e. The zero-order chi connectivity index (χ0) is 13.9. The van der Waals surface area contributed by atoms with Crippen LogP contribution in [0.2, 0.25) is 0 Å². The molecular weight excluding hydrogens is 240 g/mol. The molecule has 19 heavy (non-hydrogen) atoms. The second kappa shape index (κ2) is 6.23. The SMILES string of the molecule is CC1(C)CNC(=O)C(CCO)N(C2CCCCC2)C1. The van der Waals surface area contributed by atoms with Crippen LogP contribution in [0.25, 0.3) is 0 Å². The molecule has 1 saturated heterocycles. The highest BCUT2D eigenvalue weighted by molar-refractivity contribution is 5.82. The molecule has 110 valence electrons. The maximum atomic E-state index is 12.3. The molecule has 1 heterocycles. The highest BCUT2D eigenvalue weighted by Gasteiger charge is 2.38. The van der Waals surface area contributed by atoms with Crippen LogP contribution in [0.15, 0.2) is 0 Å². The molecule has 0 bridgehead atoms. The number of nitrogens with zero attached hydrogens (tertiary/aromatic N) is 1. The van der Waals surface area contributed by atoms with Crippen molar-refractivity contribution in [2.45, 2.75) is 64.5 Å². The van der Waals surface area contributed by atoms with E-state index in [1.54, 1.807) is 0 Å². The number of hydrogen-bond acceptors (Lipinski definition) is 3. The number of nitrogens with one attached hydrogen (secondary N) is 1. The fourth-order valence-corrected chi connectivity index (χ4v) is 3.47. The Kier molecular flexibility index (Phi) is 4.85. The maximum absolute atomic E-state index is 12.3. The smallest absolute Gasteiger partial charge is 0.237 e. The lowest BCUT2D eigenvalue weighted by molar-refractivity contribution is -0.127. The summed E-state index contributed by atoms with van der Waals surface area (Å²) < 4.78 is 0. The molecule has 0 aromatic heterocycles. The summed E-state index contributed by atoms with van der Waals surface area (Å²) in [4.78, 5) is 14.7. The lowest BCUT2D eigenvalue weighted by atomic mass is 9.88. The van der Waals surface area contributed by atoms with E-state index >= 15 is 0 Å². The summed E-state index contributed by atoms with van der Waals surface area (Å²) in [5.41, 5.74) is 0.108. The summed E-state index contributed by atoms with van der Waals surface area (Å²) in [5, 5.41) is 12.3. The molecular formula is C15H28N2O2. The Balaban J connectivity index is 2.17. The number of rotatable bonds is 3. The van der Waals surface area contributed by atoms with E-state index in [1.807, 2.05) is 0 Å². The highest BCUT2D eigenvalue weighted by atomic mass is 16.3. The zero-order valence-corrected chi connectivity index (χ0v) is 12.3. The summed E-state index contributed by atoms with van der Waals surface area (Å²) >= 11 is 0.